The summed E-state index contributed by atoms with van der Waals surface area (Å²) in [5.41, 5.74) is 1.93. The maximum atomic E-state index is 13.6. The summed E-state index contributed by atoms with van der Waals surface area (Å²) in [6, 6.07) is 22.6. The van der Waals surface area contributed by atoms with Gasteiger partial charge in [-0.25, -0.2) is 0 Å². The Hall–Kier alpha value is -3.61. The Balaban J connectivity index is 1.42. The molecule has 37 heavy (non-hydrogen) atoms. The van der Waals surface area contributed by atoms with Crippen molar-refractivity contribution in [3.8, 4) is 0 Å². The van der Waals surface area contributed by atoms with Gasteiger partial charge < -0.3 is 10.2 Å². The van der Waals surface area contributed by atoms with Crippen LogP contribution in [0, 0.1) is 6.92 Å². The van der Waals surface area contributed by atoms with Crippen LogP contribution in [0.1, 0.15) is 47.1 Å². The zero-order valence-electron chi connectivity index (χ0n) is 20.9. The van der Waals surface area contributed by atoms with E-state index in [1.54, 1.807) is 6.07 Å². The van der Waals surface area contributed by atoms with E-state index in [0.717, 1.165) is 23.3 Å². The Labute approximate surface area is 215 Å². The van der Waals surface area contributed by atoms with Gasteiger partial charge in [0, 0.05) is 26.1 Å². The smallest absolute Gasteiger partial charge is 0.351 e. The molecule has 0 spiro atoms. The molecule has 1 aliphatic heterocycles. The van der Waals surface area contributed by atoms with Crippen molar-refractivity contribution in [3.05, 3.63) is 107 Å². The van der Waals surface area contributed by atoms with Gasteiger partial charge in [-0.15, -0.1) is 0 Å². The summed E-state index contributed by atoms with van der Waals surface area (Å²) in [6.45, 7) is 2.91. The number of likely N-dealkylation sites (tertiary alicyclic amines) is 1. The topological polar surface area (TPSA) is 49.4 Å². The molecular weight excluding hydrogens is 477 g/mol. The lowest BCUT2D eigenvalue weighted by Crippen LogP contribution is -2.52. The molecule has 7 heteroatoms. The molecule has 1 saturated heterocycles. The molecule has 0 radical (unpaired) electrons. The van der Waals surface area contributed by atoms with Crippen LogP contribution in [0.4, 0.5) is 13.2 Å². The predicted molar refractivity (Wildman–Crippen MR) is 137 cm³/mol. The summed E-state index contributed by atoms with van der Waals surface area (Å²) in [6.07, 6.45) is -2.48. The monoisotopic (exact) mass is 508 g/mol. The third kappa shape index (κ3) is 6.40. The highest BCUT2D eigenvalue weighted by atomic mass is 19.4. The van der Waals surface area contributed by atoms with Gasteiger partial charge in [-0.05, 0) is 55.0 Å². The molecule has 1 aliphatic rings. The van der Waals surface area contributed by atoms with E-state index >= 15 is 0 Å². The molecular formula is C30H31F3N2O2. The molecule has 2 amide bonds. The van der Waals surface area contributed by atoms with Gasteiger partial charge in [0.05, 0.1) is 11.0 Å². The Morgan fingerprint density at radius 3 is 2.22 bits per heavy atom. The van der Waals surface area contributed by atoms with Gasteiger partial charge in [0.2, 0.25) is 11.8 Å². The number of nitrogens with one attached hydrogen (secondary N) is 1. The van der Waals surface area contributed by atoms with Gasteiger partial charge in [0.15, 0.2) is 0 Å². The molecule has 0 saturated carbocycles. The van der Waals surface area contributed by atoms with E-state index < -0.39 is 17.2 Å². The van der Waals surface area contributed by atoms with Crippen molar-refractivity contribution < 1.29 is 22.8 Å². The zero-order chi connectivity index (χ0) is 26.5. The Bertz CT molecular complexity index is 1220. The van der Waals surface area contributed by atoms with E-state index in [1.165, 1.54) is 11.6 Å². The zero-order valence-corrected chi connectivity index (χ0v) is 20.9. The normalized spacial score (nSPS) is 15.3. The largest absolute Gasteiger partial charge is 0.416 e. The molecule has 4 rings (SSSR count). The first kappa shape index (κ1) is 26.5. The van der Waals surface area contributed by atoms with Gasteiger partial charge >= 0.3 is 6.18 Å². The van der Waals surface area contributed by atoms with Gasteiger partial charge in [0.1, 0.15) is 0 Å². The van der Waals surface area contributed by atoms with Crippen molar-refractivity contribution in [3.63, 3.8) is 0 Å². The Morgan fingerprint density at radius 1 is 0.892 bits per heavy atom. The second-order valence-electron chi connectivity index (χ2n) is 9.70. The highest BCUT2D eigenvalue weighted by Crippen LogP contribution is 2.36. The number of benzene rings is 3. The second-order valence-corrected chi connectivity index (χ2v) is 9.70. The standard InChI is InChI=1S/C30H31F3N2O2/c1-22-10-12-23(13-11-22)14-15-27(36)35-18-16-29(17-19-35,25-7-3-2-4-8-25)28(37)34-21-24-6-5-9-26(20-24)30(31,32)33/h2-13,20H,14-19,21H2,1H3,(H,34,37). The van der Waals surface area contributed by atoms with Crippen LogP contribution in [-0.2, 0) is 34.1 Å². The number of nitrogens with zero attached hydrogens (tertiary/aromatic N) is 1. The average Bonchev–Trinajstić information content (AvgIpc) is 2.91. The number of amides is 2. The number of piperidine rings is 1. The van der Waals surface area contributed by atoms with Crippen LogP contribution in [0.15, 0.2) is 78.9 Å². The first-order chi connectivity index (χ1) is 17.7. The molecule has 1 N–H and O–H groups in total. The molecule has 1 fully saturated rings. The van der Waals surface area contributed by atoms with Crippen molar-refractivity contribution in [2.24, 2.45) is 0 Å². The number of hydrogen-bond donors (Lipinski definition) is 1. The highest BCUT2D eigenvalue weighted by Gasteiger charge is 2.43. The number of hydrogen-bond acceptors (Lipinski definition) is 2. The number of rotatable bonds is 7. The highest BCUT2D eigenvalue weighted by molar-refractivity contribution is 5.89. The SMILES string of the molecule is Cc1ccc(CCC(=O)N2CCC(C(=O)NCc3cccc(C(F)(F)F)c3)(c3ccccc3)CC2)cc1. The van der Waals surface area contributed by atoms with Gasteiger partial charge in [-0.1, -0.05) is 72.3 Å². The van der Waals surface area contributed by atoms with E-state index in [9.17, 15) is 22.8 Å². The summed E-state index contributed by atoms with van der Waals surface area (Å²) in [7, 11) is 0. The summed E-state index contributed by atoms with van der Waals surface area (Å²) in [4.78, 5) is 28.3. The van der Waals surface area contributed by atoms with E-state index in [1.807, 2.05) is 66.4 Å². The minimum atomic E-state index is -4.44. The summed E-state index contributed by atoms with van der Waals surface area (Å²) in [5, 5.41) is 2.87. The van der Waals surface area contributed by atoms with Gasteiger partial charge in [0.25, 0.3) is 0 Å². The van der Waals surface area contributed by atoms with Gasteiger partial charge in [-0.3, -0.25) is 9.59 Å². The lowest BCUT2D eigenvalue weighted by molar-refractivity contribution is -0.137. The van der Waals surface area contributed by atoms with Crippen molar-refractivity contribution in [2.45, 2.75) is 50.7 Å². The second kappa shape index (κ2) is 11.2. The van der Waals surface area contributed by atoms with Crippen molar-refractivity contribution >= 4 is 11.8 Å². The van der Waals surface area contributed by atoms with E-state index in [0.29, 0.717) is 44.3 Å². The fourth-order valence-electron chi connectivity index (χ4n) is 4.92. The minimum absolute atomic E-state index is 0.00344. The lowest BCUT2D eigenvalue weighted by Gasteiger charge is -2.41. The summed E-state index contributed by atoms with van der Waals surface area (Å²) < 4.78 is 39.3. The Kier molecular flexibility index (Phi) is 8.00. The average molecular weight is 509 g/mol. The van der Waals surface area contributed by atoms with Crippen molar-refractivity contribution in [1.29, 1.82) is 0 Å². The van der Waals surface area contributed by atoms with E-state index in [-0.39, 0.29) is 18.4 Å². The van der Waals surface area contributed by atoms with Crippen molar-refractivity contribution in [1.82, 2.24) is 10.2 Å². The molecule has 194 valence electrons. The summed E-state index contributed by atoms with van der Waals surface area (Å²) in [5.74, 6) is -0.172. The number of halogens is 3. The molecule has 1 heterocycles. The third-order valence-electron chi connectivity index (χ3n) is 7.19. The maximum absolute atomic E-state index is 13.6. The predicted octanol–water partition coefficient (Wildman–Crippen LogP) is 5.82. The quantitative estimate of drug-likeness (QED) is 0.437. The van der Waals surface area contributed by atoms with Crippen LogP contribution in [0.2, 0.25) is 0 Å². The van der Waals surface area contributed by atoms with Crippen LogP contribution in [0.3, 0.4) is 0 Å². The van der Waals surface area contributed by atoms with Crippen molar-refractivity contribution in [2.75, 3.05) is 13.1 Å². The van der Waals surface area contributed by atoms with Crippen LogP contribution in [-0.4, -0.2) is 29.8 Å². The van der Waals surface area contributed by atoms with Crippen LogP contribution in [0.5, 0.6) is 0 Å². The number of alkyl halides is 3. The summed E-state index contributed by atoms with van der Waals surface area (Å²) >= 11 is 0. The van der Waals surface area contributed by atoms with Crippen LogP contribution >= 0.6 is 0 Å². The molecule has 4 nitrogen and oxygen atoms in total. The molecule has 0 bridgehead atoms. The first-order valence-electron chi connectivity index (χ1n) is 12.5. The molecule has 3 aromatic rings. The third-order valence-corrected chi connectivity index (χ3v) is 7.19. The molecule has 0 atom stereocenters. The van der Waals surface area contributed by atoms with E-state index in [4.69, 9.17) is 0 Å². The molecule has 3 aromatic carbocycles. The minimum Gasteiger partial charge on any atom is -0.351 e. The number of aryl methyl sites for hydroxylation is 2. The molecule has 0 unspecified atom stereocenters. The molecule has 0 aliphatic carbocycles. The fraction of sp³-hybridized carbons (Fsp3) is 0.333. The first-order valence-corrected chi connectivity index (χ1v) is 12.5. The Morgan fingerprint density at radius 2 is 1.57 bits per heavy atom. The number of carbonyl (C=O) groups is 2. The van der Waals surface area contributed by atoms with Crippen LogP contribution < -0.4 is 5.32 Å². The van der Waals surface area contributed by atoms with Gasteiger partial charge in [-0.2, -0.15) is 13.2 Å². The number of carbonyl (C=O) groups excluding carboxylic acids is 2. The maximum Gasteiger partial charge on any atom is 0.416 e. The van der Waals surface area contributed by atoms with Crippen LogP contribution in [0.25, 0.3) is 0 Å². The van der Waals surface area contributed by atoms with E-state index in [2.05, 4.69) is 5.32 Å². The molecule has 0 aromatic heterocycles. The lowest BCUT2D eigenvalue weighted by atomic mass is 9.72. The fourth-order valence-corrected chi connectivity index (χ4v) is 4.92.